The van der Waals surface area contributed by atoms with Gasteiger partial charge in [-0.25, -0.2) is 0 Å². The molecule has 0 atom stereocenters. The number of para-hydroxylation sites is 1. The lowest BCUT2D eigenvalue weighted by molar-refractivity contribution is 1.28. The second-order valence-electron chi connectivity index (χ2n) is 22.7. The summed E-state index contributed by atoms with van der Waals surface area (Å²) in [4.78, 5) is 4.73. The fourth-order valence-corrected chi connectivity index (χ4v) is 16.8. The smallest absolute Gasteiger partial charge is 0.0462 e. The van der Waals surface area contributed by atoms with Crippen molar-refractivity contribution < 1.29 is 0 Å². The Morgan fingerprint density at radius 2 is 0.449 bits per heavy atom. The SMILES string of the molecule is c1ccc(-c2ccc(N(c3ccc(-c4cccc(-c5ccc6sc7c(-c8ccc(N(c9ccccc9)c9ccc(-c%10cccc%11c%10sc%10ccccc%10%11)cc9)cc8)cccc7c6c5)c4)cc3)c3ccc(-c4cccc5c4sc4ccccc45)cc3)cc2)cc1. The molecule has 3 heterocycles. The van der Waals surface area contributed by atoms with Gasteiger partial charge >= 0.3 is 0 Å². The predicted octanol–water partition coefficient (Wildman–Crippen LogP) is 25.7. The van der Waals surface area contributed by atoms with Gasteiger partial charge < -0.3 is 9.80 Å². The van der Waals surface area contributed by atoms with Crippen LogP contribution in [0.5, 0.6) is 0 Å². The first-order valence-corrected chi connectivity index (χ1v) is 32.6. The van der Waals surface area contributed by atoms with Crippen molar-refractivity contribution in [3.8, 4) is 66.8 Å². The minimum absolute atomic E-state index is 1.09. The normalized spacial score (nSPS) is 11.6. The van der Waals surface area contributed by atoms with Gasteiger partial charge in [-0.1, -0.05) is 224 Å². The largest absolute Gasteiger partial charge is 0.311 e. The van der Waals surface area contributed by atoms with Crippen molar-refractivity contribution in [1.29, 1.82) is 0 Å². The third-order valence-electron chi connectivity index (χ3n) is 17.5. The Hall–Kier alpha value is -10.7. The molecule has 0 aliphatic rings. The Kier molecular flexibility index (Phi) is 13.2. The molecule has 0 aliphatic carbocycles. The number of anilines is 6. The van der Waals surface area contributed by atoms with Gasteiger partial charge in [-0.2, -0.15) is 0 Å². The van der Waals surface area contributed by atoms with E-state index in [0.717, 1.165) is 34.1 Å². The van der Waals surface area contributed by atoms with Gasteiger partial charge in [0.2, 0.25) is 0 Å². The monoisotopic (exact) mass is 1190 g/mol. The average Bonchev–Trinajstić information content (AvgIpc) is 3.29. The highest BCUT2D eigenvalue weighted by atomic mass is 32.1. The molecule has 3 aromatic heterocycles. The molecule has 0 N–H and O–H groups in total. The summed E-state index contributed by atoms with van der Waals surface area (Å²) in [6, 6.07) is 120. The molecular formula is C84H54N2S3. The van der Waals surface area contributed by atoms with Gasteiger partial charge in [0.15, 0.2) is 0 Å². The number of fused-ring (bicyclic) bond motifs is 9. The maximum Gasteiger partial charge on any atom is 0.0462 e. The molecule has 0 unspecified atom stereocenters. The Bertz CT molecular complexity index is 5450. The van der Waals surface area contributed by atoms with Gasteiger partial charge in [-0.3, -0.25) is 0 Å². The van der Waals surface area contributed by atoms with E-state index in [1.807, 2.05) is 34.0 Å². The lowest BCUT2D eigenvalue weighted by Gasteiger charge is -2.26. The Morgan fingerprint density at radius 3 is 0.899 bits per heavy atom. The van der Waals surface area contributed by atoms with Gasteiger partial charge in [-0.05, 0) is 170 Å². The quantitative estimate of drug-likeness (QED) is 0.120. The van der Waals surface area contributed by atoms with Gasteiger partial charge in [0.05, 0.1) is 0 Å². The summed E-state index contributed by atoms with van der Waals surface area (Å²) in [5, 5.41) is 7.82. The maximum absolute atomic E-state index is 2.39. The van der Waals surface area contributed by atoms with E-state index in [4.69, 9.17) is 0 Å². The van der Waals surface area contributed by atoms with Gasteiger partial charge in [0, 0.05) is 94.6 Å². The second kappa shape index (κ2) is 22.2. The van der Waals surface area contributed by atoms with Crippen molar-refractivity contribution in [2.24, 2.45) is 0 Å². The van der Waals surface area contributed by atoms with Crippen LogP contribution in [0, 0.1) is 0 Å². The number of benzene rings is 14. The highest BCUT2D eigenvalue weighted by Crippen LogP contribution is 2.47. The lowest BCUT2D eigenvalue weighted by atomic mass is 9.97. The van der Waals surface area contributed by atoms with Crippen molar-refractivity contribution in [3.63, 3.8) is 0 Å². The third-order valence-corrected chi connectivity index (χ3v) is 21.2. The molecular weight excluding hydrogens is 1130 g/mol. The molecule has 0 saturated heterocycles. The second-order valence-corrected chi connectivity index (χ2v) is 25.9. The van der Waals surface area contributed by atoms with Crippen LogP contribution in [0.25, 0.3) is 127 Å². The topological polar surface area (TPSA) is 6.48 Å². The Labute approximate surface area is 529 Å². The molecule has 0 bridgehead atoms. The highest BCUT2D eigenvalue weighted by Gasteiger charge is 2.19. The summed E-state index contributed by atoms with van der Waals surface area (Å²) in [5.74, 6) is 0. The molecule has 14 aromatic carbocycles. The van der Waals surface area contributed by atoms with Crippen LogP contribution in [0.4, 0.5) is 34.1 Å². The molecule has 0 radical (unpaired) electrons. The Morgan fingerprint density at radius 1 is 0.169 bits per heavy atom. The number of hydrogen-bond donors (Lipinski definition) is 0. The highest BCUT2D eigenvalue weighted by molar-refractivity contribution is 7.27. The maximum atomic E-state index is 2.39. The standard InChI is InChI=1S/C84H54N2S3/c1-3-15-55(16-4-1)56-31-42-65(43-32-56)86(69-50-39-59(40-51-69)71-24-13-27-76-74-22-8-10-30-80(74)88-83(71)76)66-44-33-57(34-45-66)61-17-11-18-62(53-61)63-41-52-81-78(54-63)77-28-14-25-72(84(77)89-81)60-37-48-68(49-38-60)85(64-19-5-2-6-20-64)67-46-35-58(36-47-67)70-23-12-26-75-73-21-7-9-29-79(73)87-82(70)75/h1-54H. The molecule has 0 fully saturated rings. The van der Waals surface area contributed by atoms with Crippen LogP contribution in [-0.2, 0) is 0 Å². The molecule has 0 spiro atoms. The van der Waals surface area contributed by atoms with E-state index in [1.165, 1.54) is 127 Å². The first kappa shape index (κ1) is 52.7. The van der Waals surface area contributed by atoms with Crippen LogP contribution in [0.15, 0.2) is 328 Å². The zero-order valence-corrected chi connectivity index (χ0v) is 50.7. The van der Waals surface area contributed by atoms with E-state index in [1.54, 1.807) is 0 Å². The third kappa shape index (κ3) is 9.56. The summed E-state index contributed by atoms with van der Waals surface area (Å²) >= 11 is 5.63. The van der Waals surface area contributed by atoms with Crippen molar-refractivity contribution in [2.45, 2.75) is 0 Å². The summed E-state index contributed by atoms with van der Waals surface area (Å²) in [6.07, 6.45) is 0. The van der Waals surface area contributed by atoms with E-state index < -0.39 is 0 Å². The minimum Gasteiger partial charge on any atom is -0.311 e. The summed E-state index contributed by atoms with van der Waals surface area (Å²) < 4.78 is 7.87. The first-order valence-electron chi connectivity index (χ1n) is 30.2. The predicted molar refractivity (Wildman–Crippen MR) is 387 cm³/mol. The van der Waals surface area contributed by atoms with Crippen LogP contribution >= 0.6 is 34.0 Å². The summed E-state index contributed by atoms with van der Waals surface area (Å²) in [7, 11) is 0. The van der Waals surface area contributed by atoms with Gasteiger partial charge in [-0.15, -0.1) is 34.0 Å². The number of hydrogen-bond acceptors (Lipinski definition) is 5. The van der Waals surface area contributed by atoms with Crippen LogP contribution < -0.4 is 9.80 Å². The molecule has 17 aromatic rings. The summed E-state index contributed by atoms with van der Waals surface area (Å²) in [6.45, 7) is 0. The fraction of sp³-hybridized carbons (Fsp3) is 0. The van der Waals surface area contributed by atoms with Crippen LogP contribution in [-0.4, -0.2) is 0 Å². The molecule has 17 rings (SSSR count). The number of nitrogens with zero attached hydrogens (tertiary/aromatic N) is 2. The molecule has 0 aliphatic heterocycles. The van der Waals surface area contributed by atoms with Crippen molar-refractivity contribution in [3.05, 3.63) is 328 Å². The number of thiophene rings is 3. The van der Waals surface area contributed by atoms with Crippen LogP contribution in [0.1, 0.15) is 0 Å². The zero-order chi connectivity index (χ0) is 58.8. The van der Waals surface area contributed by atoms with Gasteiger partial charge in [0.1, 0.15) is 0 Å². The van der Waals surface area contributed by atoms with E-state index in [2.05, 4.69) is 337 Å². The molecule has 5 heteroatoms. The van der Waals surface area contributed by atoms with Crippen LogP contribution in [0.2, 0.25) is 0 Å². The molecule has 89 heavy (non-hydrogen) atoms. The van der Waals surface area contributed by atoms with E-state index in [0.29, 0.717) is 0 Å². The van der Waals surface area contributed by atoms with Crippen LogP contribution in [0.3, 0.4) is 0 Å². The van der Waals surface area contributed by atoms with E-state index in [9.17, 15) is 0 Å². The van der Waals surface area contributed by atoms with E-state index >= 15 is 0 Å². The molecule has 0 amide bonds. The number of rotatable bonds is 12. The zero-order valence-electron chi connectivity index (χ0n) is 48.3. The molecule has 418 valence electrons. The minimum atomic E-state index is 1.09. The van der Waals surface area contributed by atoms with Crippen molar-refractivity contribution in [2.75, 3.05) is 9.80 Å². The lowest BCUT2D eigenvalue weighted by Crippen LogP contribution is -2.09. The molecule has 2 nitrogen and oxygen atoms in total. The Balaban J connectivity index is 0.654. The van der Waals surface area contributed by atoms with E-state index in [-0.39, 0.29) is 0 Å². The van der Waals surface area contributed by atoms with Crippen molar-refractivity contribution >= 4 is 129 Å². The summed E-state index contributed by atoms with van der Waals surface area (Å²) in [5.41, 5.74) is 21.2. The first-order chi connectivity index (χ1) is 44.1. The average molecular weight is 1190 g/mol. The molecule has 0 saturated carbocycles. The fourth-order valence-electron chi connectivity index (χ4n) is 13.1. The van der Waals surface area contributed by atoms with Crippen molar-refractivity contribution in [1.82, 2.24) is 0 Å². The van der Waals surface area contributed by atoms with Gasteiger partial charge in [0.25, 0.3) is 0 Å².